The fourth-order valence-corrected chi connectivity index (χ4v) is 4.39. The number of fused-ring (bicyclic) bond motifs is 3. The van der Waals surface area contributed by atoms with Gasteiger partial charge >= 0.3 is 0 Å². The van der Waals surface area contributed by atoms with Crippen LogP contribution < -0.4 is 0 Å². The maximum Gasteiger partial charge on any atom is 0.188 e. The molecule has 6 heteroatoms. The van der Waals surface area contributed by atoms with E-state index in [0.29, 0.717) is 24.6 Å². The molecule has 0 radical (unpaired) electrons. The Kier molecular flexibility index (Phi) is 3.47. The van der Waals surface area contributed by atoms with E-state index in [1.807, 2.05) is 18.3 Å². The lowest BCUT2D eigenvalue weighted by atomic mass is 9.82. The van der Waals surface area contributed by atoms with Crippen molar-refractivity contribution in [2.24, 2.45) is 0 Å². The molecule has 2 fully saturated rings. The molecule has 2 aromatic heterocycles. The highest BCUT2D eigenvalue weighted by Gasteiger charge is 2.36. The Hall–Kier alpha value is -2.52. The van der Waals surface area contributed by atoms with Gasteiger partial charge < -0.3 is 9.47 Å². The van der Waals surface area contributed by atoms with E-state index in [1.54, 1.807) is 6.07 Å². The van der Waals surface area contributed by atoms with Crippen molar-refractivity contribution in [1.29, 1.82) is 0 Å². The number of rotatable bonds is 2. The number of hydrogen-bond acceptors (Lipinski definition) is 3. The third-order valence-corrected chi connectivity index (χ3v) is 5.83. The van der Waals surface area contributed by atoms with E-state index < -0.39 is 6.17 Å². The van der Waals surface area contributed by atoms with Crippen LogP contribution in [0.15, 0.2) is 24.4 Å². The van der Waals surface area contributed by atoms with Gasteiger partial charge in [0.25, 0.3) is 0 Å². The summed E-state index contributed by atoms with van der Waals surface area (Å²) in [7, 11) is 2.14. The topological polar surface area (TPSA) is 38.3 Å². The summed E-state index contributed by atoms with van der Waals surface area (Å²) >= 11 is 0. The highest BCUT2D eigenvalue weighted by Crippen LogP contribution is 2.42. The molecule has 0 bridgehead atoms. The molecule has 0 amide bonds. The van der Waals surface area contributed by atoms with Gasteiger partial charge in [0.1, 0.15) is 17.5 Å². The van der Waals surface area contributed by atoms with Crippen LogP contribution in [0.1, 0.15) is 37.0 Å². The lowest BCUT2D eigenvalue weighted by Crippen LogP contribution is -2.27. The molecule has 5 nitrogen and oxygen atoms in total. The summed E-state index contributed by atoms with van der Waals surface area (Å²) in [6, 6.07) is 5.96. The lowest BCUT2D eigenvalue weighted by molar-refractivity contribution is 0.170. The van der Waals surface area contributed by atoms with Crippen molar-refractivity contribution in [2.75, 3.05) is 20.1 Å². The summed E-state index contributed by atoms with van der Waals surface area (Å²) in [5, 5.41) is 0.973. The van der Waals surface area contributed by atoms with Gasteiger partial charge in [0.15, 0.2) is 5.69 Å². The van der Waals surface area contributed by atoms with E-state index in [2.05, 4.69) is 26.3 Å². The summed E-state index contributed by atoms with van der Waals surface area (Å²) in [6.07, 6.45) is 3.30. The first-order chi connectivity index (χ1) is 12.6. The quantitative estimate of drug-likeness (QED) is 0.650. The maximum atomic E-state index is 13.5. The minimum absolute atomic E-state index is 0.183. The number of nitrogens with zero attached hydrogens (tertiary/aromatic N) is 5. The van der Waals surface area contributed by atoms with Gasteiger partial charge in [-0.25, -0.2) is 14.2 Å². The Morgan fingerprint density at radius 2 is 2.12 bits per heavy atom. The molecule has 0 N–H and O–H groups in total. The van der Waals surface area contributed by atoms with Gasteiger partial charge in [-0.1, -0.05) is 6.07 Å². The molecular weight excluding hydrogens is 329 g/mol. The number of likely N-dealkylation sites (N-methyl/N-ethyl adjacent to an activating group) is 1. The molecule has 3 heterocycles. The molecule has 26 heavy (non-hydrogen) atoms. The van der Waals surface area contributed by atoms with Crippen LogP contribution in [0, 0.1) is 6.57 Å². The molecule has 1 atom stereocenters. The van der Waals surface area contributed by atoms with Gasteiger partial charge in [-0.3, -0.25) is 4.98 Å². The summed E-state index contributed by atoms with van der Waals surface area (Å²) in [4.78, 5) is 15.3. The van der Waals surface area contributed by atoms with Crippen LogP contribution in [0.25, 0.3) is 26.8 Å². The molecule has 1 saturated carbocycles. The minimum atomic E-state index is -0.705. The second-order valence-electron chi connectivity index (χ2n) is 7.62. The average molecular weight is 349 g/mol. The Labute approximate surface area is 151 Å². The number of hydrogen-bond donors (Lipinski definition) is 0. The van der Waals surface area contributed by atoms with Crippen molar-refractivity contribution in [3.8, 4) is 0 Å². The average Bonchev–Trinajstić information content (AvgIpc) is 3.21. The third-order valence-electron chi connectivity index (χ3n) is 5.83. The molecule has 1 aromatic carbocycles. The van der Waals surface area contributed by atoms with Crippen molar-refractivity contribution in [1.82, 2.24) is 19.4 Å². The summed E-state index contributed by atoms with van der Waals surface area (Å²) in [5.41, 5.74) is 3.39. The third kappa shape index (κ3) is 2.31. The first-order valence-corrected chi connectivity index (χ1v) is 9.14. The first kappa shape index (κ1) is 15.7. The summed E-state index contributed by atoms with van der Waals surface area (Å²) in [6.45, 7) is 9.36. The van der Waals surface area contributed by atoms with Crippen LogP contribution >= 0.6 is 0 Å². The van der Waals surface area contributed by atoms with Gasteiger partial charge in [-0.05, 0) is 45.0 Å². The highest BCUT2D eigenvalue weighted by atomic mass is 19.1. The molecular formula is C20H20FN5. The molecule has 132 valence electrons. The molecule has 0 spiro atoms. The SMILES string of the molecule is [C-]#[N+]c1ccc2ncc3nc(C4CC(F)C4)n(C4CCN(C)C4)c3c2c1. The van der Waals surface area contributed by atoms with E-state index in [-0.39, 0.29) is 5.92 Å². The van der Waals surface area contributed by atoms with Crippen LogP contribution in [-0.4, -0.2) is 45.7 Å². The number of pyridine rings is 1. The van der Waals surface area contributed by atoms with E-state index in [0.717, 1.165) is 47.3 Å². The molecule has 3 aromatic rings. The van der Waals surface area contributed by atoms with Crippen molar-refractivity contribution in [3.05, 3.63) is 41.6 Å². The lowest BCUT2D eigenvalue weighted by Gasteiger charge is -2.31. The van der Waals surface area contributed by atoms with Gasteiger partial charge in [0, 0.05) is 23.9 Å². The van der Waals surface area contributed by atoms with E-state index in [1.165, 1.54) is 0 Å². The Morgan fingerprint density at radius 1 is 1.27 bits per heavy atom. The molecule has 1 aliphatic heterocycles. The van der Waals surface area contributed by atoms with Gasteiger partial charge in [-0.15, -0.1) is 0 Å². The van der Waals surface area contributed by atoms with Crippen LogP contribution in [0.5, 0.6) is 0 Å². The number of alkyl halides is 1. The maximum absolute atomic E-state index is 13.5. The van der Waals surface area contributed by atoms with Gasteiger partial charge in [0.2, 0.25) is 0 Å². The Morgan fingerprint density at radius 3 is 2.81 bits per heavy atom. The number of halogens is 1. The number of aromatic nitrogens is 3. The van der Waals surface area contributed by atoms with E-state index in [9.17, 15) is 4.39 Å². The van der Waals surface area contributed by atoms with Crippen LogP contribution in [-0.2, 0) is 0 Å². The van der Waals surface area contributed by atoms with E-state index in [4.69, 9.17) is 11.6 Å². The standard InChI is InChI=1S/C20H20FN5/c1-22-14-3-4-17-16(9-14)19-18(10-23-17)24-20(12-7-13(21)8-12)26(19)15-5-6-25(2)11-15/h3-4,9-10,12-13,15H,5-8,11H2,2H3. The number of likely N-dealkylation sites (tertiary alicyclic amines) is 1. The normalized spacial score (nSPS) is 26.3. The molecule has 1 aliphatic carbocycles. The zero-order valence-corrected chi connectivity index (χ0v) is 14.7. The van der Waals surface area contributed by atoms with Crippen molar-refractivity contribution in [2.45, 2.75) is 37.4 Å². The van der Waals surface area contributed by atoms with E-state index >= 15 is 0 Å². The highest BCUT2D eigenvalue weighted by molar-refractivity contribution is 6.03. The van der Waals surface area contributed by atoms with Gasteiger partial charge in [-0.2, -0.15) is 0 Å². The summed E-state index contributed by atoms with van der Waals surface area (Å²) in [5.74, 6) is 1.18. The molecule has 5 rings (SSSR count). The monoisotopic (exact) mass is 349 g/mol. The summed E-state index contributed by atoms with van der Waals surface area (Å²) < 4.78 is 15.9. The van der Waals surface area contributed by atoms with Crippen molar-refractivity contribution < 1.29 is 4.39 Å². The van der Waals surface area contributed by atoms with Crippen molar-refractivity contribution in [3.63, 3.8) is 0 Å². The van der Waals surface area contributed by atoms with Crippen LogP contribution in [0.3, 0.4) is 0 Å². The molecule has 2 aliphatic rings. The fraction of sp³-hybridized carbons (Fsp3) is 0.450. The molecule has 1 saturated heterocycles. The largest absolute Gasteiger partial charge is 0.323 e. The number of benzene rings is 1. The predicted octanol–water partition coefficient (Wildman–Crippen LogP) is 4.23. The molecule has 1 unspecified atom stereocenters. The fourth-order valence-electron chi connectivity index (χ4n) is 4.39. The van der Waals surface area contributed by atoms with Gasteiger partial charge in [0.05, 0.1) is 23.8 Å². The van der Waals surface area contributed by atoms with Crippen molar-refractivity contribution >= 4 is 27.6 Å². The predicted molar refractivity (Wildman–Crippen MR) is 99.3 cm³/mol. The zero-order chi connectivity index (χ0) is 17.8. The smallest absolute Gasteiger partial charge is 0.188 e. The Balaban J connectivity index is 1.79. The second kappa shape index (κ2) is 5.75. The Bertz CT molecular complexity index is 1040. The minimum Gasteiger partial charge on any atom is -0.323 e. The van der Waals surface area contributed by atoms with Crippen LogP contribution in [0.2, 0.25) is 0 Å². The number of imidazole rings is 1. The zero-order valence-electron chi connectivity index (χ0n) is 14.7. The second-order valence-corrected chi connectivity index (χ2v) is 7.62. The van der Waals surface area contributed by atoms with Crippen LogP contribution in [0.4, 0.5) is 10.1 Å². The first-order valence-electron chi connectivity index (χ1n) is 9.14.